The zero-order chi connectivity index (χ0) is 11.7. The summed E-state index contributed by atoms with van der Waals surface area (Å²) in [6, 6.07) is 5.99. The smallest absolute Gasteiger partial charge is 0.348 e. The van der Waals surface area contributed by atoms with Gasteiger partial charge in [-0.2, -0.15) is 0 Å². The first-order valence-electron chi connectivity index (χ1n) is 5.11. The van der Waals surface area contributed by atoms with E-state index in [1.807, 2.05) is 32.0 Å². The van der Waals surface area contributed by atoms with Gasteiger partial charge in [-0.05, 0) is 19.4 Å². The Morgan fingerprint density at radius 1 is 1.50 bits per heavy atom. The topological polar surface area (TPSA) is 58.9 Å². The summed E-state index contributed by atoms with van der Waals surface area (Å²) in [5.74, 6) is -0.969. The molecule has 1 atom stereocenters. The number of hydrogen-bond acceptors (Lipinski definition) is 3. The minimum Gasteiger partial charge on any atom is -0.478 e. The van der Waals surface area contributed by atoms with Crippen molar-refractivity contribution >= 4 is 11.7 Å². The third-order valence-corrected chi connectivity index (χ3v) is 2.64. The average Bonchev–Trinajstić information content (AvgIpc) is 2.66. The van der Waals surface area contributed by atoms with Gasteiger partial charge in [-0.3, -0.25) is 0 Å². The van der Waals surface area contributed by atoms with Crippen LogP contribution in [-0.4, -0.2) is 22.9 Å². The lowest BCUT2D eigenvalue weighted by Crippen LogP contribution is -2.20. The van der Waals surface area contributed by atoms with E-state index < -0.39 is 12.1 Å². The van der Waals surface area contributed by atoms with Gasteiger partial charge in [0, 0.05) is 12.0 Å². The maximum absolute atomic E-state index is 10.7. The fraction of sp³-hybridized carbons (Fsp3) is 0.333. The third-order valence-electron chi connectivity index (χ3n) is 2.64. The molecule has 1 N–H and O–H groups in total. The van der Waals surface area contributed by atoms with Crippen molar-refractivity contribution < 1.29 is 14.7 Å². The van der Waals surface area contributed by atoms with E-state index in [0.29, 0.717) is 12.1 Å². The lowest BCUT2D eigenvalue weighted by atomic mass is 9.99. The van der Waals surface area contributed by atoms with Crippen LogP contribution in [0.1, 0.15) is 23.1 Å². The molecule has 0 amide bonds. The molecule has 0 spiro atoms. The van der Waals surface area contributed by atoms with Crippen LogP contribution in [0.2, 0.25) is 0 Å². The van der Waals surface area contributed by atoms with E-state index in [-0.39, 0.29) is 0 Å². The Balaban J connectivity index is 2.24. The van der Waals surface area contributed by atoms with Crippen LogP contribution in [0.4, 0.5) is 0 Å². The van der Waals surface area contributed by atoms with Crippen LogP contribution in [0.25, 0.3) is 0 Å². The second kappa shape index (κ2) is 3.96. The Morgan fingerprint density at radius 2 is 2.25 bits per heavy atom. The Labute approximate surface area is 93.5 Å². The molecule has 0 saturated heterocycles. The summed E-state index contributed by atoms with van der Waals surface area (Å²) >= 11 is 0. The van der Waals surface area contributed by atoms with Crippen molar-refractivity contribution in [2.75, 3.05) is 0 Å². The molecule has 1 aromatic rings. The average molecular weight is 219 g/mol. The summed E-state index contributed by atoms with van der Waals surface area (Å²) < 4.78 is 0. The van der Waals surface area contributed by atoms with Gasteiger partial charge in [-0.15, -0.1) is 0 Å². The summed E-state index contributed by atoms with van der Waals surface area (Å²) in [5, 5.41) is 12.6. The SMILES string of the molecule is Cc1ccc(C2=NOC(C(=O)O)C2)c(C)c1. The number of aryl methyl sites for hydroxylation is 2. The van der Waals surface area contributed by atoms with E-state index in [2.05, 4.69) is 5.16 Å². The molecule has 0 saturated carbocycles. The number of aliphatic carboxylic acids is 1. The minimum absolute atomic E-state index is 0.333. The highest BCUT2D eigenvalue weighted by atomic mass is 16.7. The molecule has 1 unspecified atom stereocenters. The standard InChI is InChI=1S/C12H13NO3/c1-7-3-4-9(8(2)5-7)10-6-11(12(14)15)16-13-10/h3-5,11H,6H2,1-2H3,(H,14,15). The summed E-state index contributed by atoms with van der Waals surface area (Å²) in [6.45, 7) is 4.00. The number of carbonyl (C=O) groups is 1. The van der Waals surface area contributed by atoms with Crippen molar-refractivity contribution in [3.05, 3.63) is 34.9 Å². The first-order chi connectivity index (χ1) is 7.58. The van der Waals surface area contributed by atoms with Gasteiger partial charge in [0.05, 0.1) is 5.71 Å². The third kappa shape index (κ3) is 1.91. The Kier molecular flexibility index (Phi) is 2.64. The van der Waals surface area contributed by atoms with Gasteiger partial charge in [0.15, 0.2) is 0 Å². The van der Waals surface area contributed by atoms with Gasteiger partial charge < -0.3 is 9.94 Å². The summed E-state index contributed by atoms with van der Waals surface area (Å²) in [4.78, 5) is 15.6. The van der Waals surface area contributed by atoms with E-state index in [1.165, 1.54) is 5.56 Å². The highest BCUT2D eigenvalue weighted by Gasteiger charge is 2.28. The van der Waals surface area contributed by atoms with E-state index in [4.69, 9.17) is 9.94 Å². The number of nitrogens with zero attached hydrogens (tertiary/aromatic N) is 1. The van der Waals surface area contributed by atoms with Crippen molar-refractivity contribution in [1.29, 1.82) is 0 Å². The minimum atomic E-state index is -0.969. The molecular formula is C12H13NO3. The number of rotatable bonds is 2. The van der Waals surface area contributed by atoms with Gasteiger partial charge in [0.2, 0.25) is 6.10 Å². The van der Waals surface area contributed by atoms with Gasteiger partial charge in [-0.1, -0.05) is 28.9 Å². The predicted molar refractivity (Wildman–Crippen MR) is 59.6 cm³/mol. The lowest BCUT2D eigenvalue weighted by molar-refractivity contribution is -0.148. The zero-order valence-electron chi connectivity index (χ0n) is 9.23. The van der Waals surface area contributed by atoms with Crippen LogP contribution < -0.4 is 0 Å². The first-order valence-corrected chi connectivity index (χ1v) is 5.11. The van der Waals surface area contributed by atoms with Crippen molar-refractivity contribution in [1.82, 2.24) is 0 Å². The number of oxime groups is 1. The highest BCUT2D eigenvalue weighted by molar-refractivity contribution is 6.04. The van der Waals surface area contributed by atoms with E-state index in [9.17, 15) is 4.79 Å². The lowest BCUT2D eigenvalue weighted by Gasteiger charge is -2.05. The molecule has 84 valence electrons. The van der Waals surface area contributed by atoms with Crippen LogP contribution in [0, 0.1) is 13.8 Å². The molecule has 1 aliphatic heterocycles. The number of hydrogen-bond donors (Lipinski definition) is 1. The van der Waals surface area contributed by atoms with Crippen LogP contribution in [0.3, 0.4) is 0 Å². The van der Waals surface area contributed by atoms with E-state index in [0.717, 1.165) is 11.1 Å². The van der Waals surface area contributed by atoms with Crippen molar-refractivity contribution in [3.63, 3.8) is 0 Å². The van der Waals surface area contributed by atoms with Crippen LogP contribution in [0.5, 0.6) is 0 Å². The predicted octanol–water partition coefficient (Wildman–Crippen LogP) is 1.88. The molecule has 0 radical (unpaired) electrons. The molecule has 2 rings (SSSR count). The molecule has 4 heteroatoms. The summed E-state index contributed by atoms with van der Waals surface area (Å²) in [6.07, 6.45) is -0.505. The molecule has 1 aromatic carbocycles. The Hall–Kier alpha value is -1.84. The molecule has 4 nitrogen and oxygen atoms in total. The first kappa shape index (κ1) is 10.7. The second-order valence-electron chi connectivity index (χ2n) is 3.99. The highest BCUT2D eigenvalue weighted by Crippen LogP contribution is 2.20. The van der Waals surface area contributed by atoms with Gasteiger partial charge in [0.1, 0.15) is 0 Å². The van der Waals surface area contributed by atoms with Crippen LogP contribution >= 0.6 is 0 Å². The summed E-state index contributed by atoms with van der Waals surface area (Å²) in [5.41, 5.74) is 3.95. The quantitative estimate of drug-likeness (QED) is 0.826. The maximum Gasteiger partial charge on any atom is 0.348 e. The van der Waals surface area contributed by atoms with Gasteiger partial charge in [0.25, 0.3) is 0 Å². The molecular weight excluding hydrogens is 206 g/mol. The fourth-order valence-corrected chi connectivity index (χ4v) is 1.81. The van der Waals surface area contributed by atoms with Crippen LogP contribution in [0.15, 0.2) is 23.4 Å². The molecule has 0 aromatic heterocycles. The number of benzene rings is 1. The van der Waals surface area contributed by atoms with E-state index >= 15 is 0 Å². The molecule has 0 aliphatic carbocycles. The normalized spacial score (nSPS) is 19.1. The molecule has 0 fully saturated rings. The molecule has 0 bridgehead atoms. The van der Waals surface area contributed by atoms with Crippen molar-refractivity contribution in [3.8, 4) is 0 Å². The number of carboxylic acids is 1. The Morgan fingerprint density at radius 3 is 2.81 bits per heavy atom. The van der Waals surface area contributed by atoms with Crippen molar-refractivity contribution in [2.24, 2.45) is 5.16 Å². The zero-order valence-corrected chi connectivity index (χ0v) is 9.23. The molecule has 1 aliphatic rings. The fourth-order valence-electron chi connectivity index (χ4n) is 1.81. The largest absolute Gasteiger partial charge is 0.478 e. The van der Waals surface area contributed by atoms with E-state index in [1.54, 1.807) is 0 Å². The van der Waals surface area contributed by atoms with Gasteiger partial charge >= 0.3 is 5.97 Å². The monoisotopic (exact) mass is 219 g/mol. The van der Waals surface area contributed by atoms with Crippen LogP contribution in [-0.2, 0) is 9.63 Å². The van der Waals surface area contributed by atoms with Gasteiger partial charge in [-0.25, -0.2) is 4.79 Å². The molecule has 1 heterocycles. The number of carboxylic acid groups (broad SMARTS) is 1. The van der Waals surface area contributed by atoms with Crippen molar-refractivity contribution in [2.45, 2.75) is 26.4 Å². The Bertz CT molecular complexity index is 465. The maximum atomic E-state index is 10.7. The second-order valence-corrected chi connectivity index (χ2v) is 3.99. The summed E-state index contributed by atoms with van der Waals surface area (Å²) in [7, 11) is 0. The molecule has 16 heavy (non-hydrogen) atoms.